The van der Waals surface area contributed by atoms with Gasteiger partial charge in [0.05, 0.1) is 5.56 Å². The molecule has 1 aromatic rings. The van der Waals surface area contributed by atoms with E-state index in [1.54, 1.807) is 12.1 Å². The molecular formula is C12H15FN2. The average Bonchev–Trinajstić information content (AvgIpc) is 2.15. The van der Waals surface area contributed by atoms with E-state index in [1.807, 2.05) is 6.07 Å². The van der Waals surface area contributed by atoms with Crippen LogP contribution in [0.4, 0.5) is 4.39 Å². The summed E-state index contributed by atoms with van der Waals surface area (Å²) < 4.78 is 13.0. The van der Waals surface area contributed by atoms with Crippen molar-refractivity contribution in [2.24, 2.45) is 0 Å². The summed E-state index contributed by atoms with van der Waals surface area (Å²) in [5.41, 5.74) is 1.03. The molecule has 0 saturated heterocycles. The van der Waals surface area contributed by atoms with Crippen molar-refractivity contribution in [2.75, 3.05) is 0 Å². The van der Waals surface area contributed by atoms with Crippen LogP contribution < -0.4 is 5.32 Å². The van der Waals surface area contributed by atoms with Gasteiger partial charge in [-0.25, -0.2) is 4.39 Å². The molecule has 0 amide bonds. The van der Waals surface area contributed by atoms with Crippen LogP contribution in [0.2, 0.25) is 0 Å². The van der Waals surface area contributed by atoms with E-state index < -0.39 is 5.82 Å². The molecule has 3 heteroatoms. The van der Waals surface area contributed by atoms with Gasteiger partial charge in [0.15, 0.2) is 0 Å². The number of hydrogen-bond donors (Lipinski definition) is 1. The van der Waals surface area contributed by atoms with Crippen LogP contribution in [0.1, 0.15) is 31.9 Å². The summed E-state index contributed by atoms with van der Waals surface area (Å²) in [6.45, 7) is 6.81. The molecule has 1 rings (SSSR count). The Morgan fingerprint density at radius 1 is 1.40 bits per heavy atom. The molecule has 0 saturated carbocycles. The zero-order valence-corrected chi connectivity index (χ0v) is 9.26. The lowest BCUT2D eigenvalue weighted by Gasteiger charge is -2.20. The number of nitrogens with one attached hydrogen (secondary N) is 1. The van der Waals surface area contributed by atoms with E-state index in [0.29, 0.717) is 6.54 Å². The topological polar surface area (TPSA) is 35.8 Å². The van der Waals surface area contributed by atoms with E-state index in [1.165, 1.54) is 6.07 Å². The van der Waals surface area contributed by atoms with Crippen molar-refractivity contribution < 1.29 is 4.39 Å². The Labute approximate surface area is 89.7 Å². The van der Waals surface area contributed by atoms with Gasteiger partial charge in [-0.15, -0.1) is 0 Å². The Kier molecular flexibility index (Phi) is 3.43. The van der Waals surface area contributed by atoms with Gasteiger partial charge in [-0.3, -0.25) is 0 Å². The fraction of sp³-hybridized carbons (Fsp3) is 0.417. The summed E-state index contributed by atoms with van der Waals surface area (Å²) in [4.78, 5) is 0. The number of nitrogens with zero attached hydrogens (tertiary/aromatic N) is 1. The largest absolute Gasteiger partial charge is 0.308 e. The van der Waals surface area contributed by atoms with Gasteiger partial charge in [0.25, 0.3) is 0 Å². The molecule has 1 N–H and O–H groups in total. The molecule has 80 valence electrons. The Bertz CT molecular complexity index is 386. The third-order valence-corrected chi connectivity index (χ3v) is 1.97. The lowest BCUT2D eigenvalue weighted by Crippen LogP contribution is -2.35. The second-order valence-electron chi connectivity index (χ2n) is 4.53. The summed E-state index contributed by atoms with van der Waals surface area (Å²) in [6, 6.07) is 6.43. The molecule has 0 heterocycles. The average molecular weight is 206 g/mol. The quantitative estimate of drug-likeness (QED) is 0.807. The zero-order chi connectivity index (χ0) is 11.5. The summed E-state index contributed by atoms with van der Waals surface area (Å²) >= 11 is 0. The number of hydrogen-bond acceptors (Lipinski definition) is 2. The monoisotopic (exact) mass is 206 g/mol. The second kappa shape index (κ2) is 4.41. The third-order valence-electron chi connectivity index (χ3n) is 1.97. The Morgan fingerprint density at radius 3 is 2.60 bits per heavy atom. The highest BCUT2D eigenvalue weighted by molar-refractivity contribution is 5.34. The highest BCUT2D eigenvalue weighted by atomic mass is 19.1. The van der Waals surface area contributed by atoms with E-state index in [4.69, 9.17) is 5.26 Å². The minimum atomic E-state index is -0.461. The predicted octanol–water partition coefficient (Wildman–Crippen LogP) is 2.59. The van der Waals surface area contributed by atoms with Crippen molar-refractivity contribution in [1.29, 1.82) is 5.26 Å². The van der Waals surface area contributed by atoms with E-state index in [9.17, 15) is 4.39 Å². The number of rotatable bonds is 2. The second-order valence-corrected chi connectivity index (χ2v) is 4.53. The van der Waals surface area contributed by atoms with E-state index >= 15 is 0 Å². The van der Waals surface area contributed by atoms with Crippen LogP contribution in [0.25, 0.3) is 0 Å². The van der Waals surface area contributed by atoms with Gasteiger partial charge < -0.3 is 5.32 Å². The molecule has 0 radical (unpaired) electrons. The molecule has 15 heavy (non-hydrogen) atoms. The van der Waals surface area contributed by atoms with Gasteiger partial charge in [-0.1, -0.05) is 6.07 Å². The minimum absolute atomic E-state index is 0.0151. The lowest BCUT2D eigenvalue weighted by molar-refractivity contribution is 0.424. The molecular weight excluding hydrogens is 191 g/mol. The molecule has 0 aliphatic heterocycles. The standard InChI is InChI=1S/C12H15FN2/c1-12(2,3)15-8-9-4-5-11(13)10(6-9)7-14/h4-6,15H,8H2,1-3H3. The van der Waals surface area contributed by atoms with E-state index in [-0.39, 0.29) is 11.1 Å². The van der Waals surface area contributed by atoms with Crippen LogP contribution in [0, 0.1) is 17.1 Å². The lowest BCUT2D eigenvalue weighted by atomic mass is 10.1. The molecule has 0 atom stereocenters. The highest BCUT2D eigenvalue weighted by Gasteiger charge is 2.09. The third kappa shape index (κ3) is 3.69. The Morgan fingerprint density at radius 2 is 2.07 bits per heavy atom. The summed E-state index contributed by atoms with van der Waals surface area (Å²) in [6.07, 6.45) is 0. The summed E-state index contributed by atoms with van der Waals surface area (Å²) in [5, 5.41) is 11.9. The first-order valence-electron chi connectivity index (χ1n) is 4.86. The van der Waals surface area contributed by atoms with E-state index in [0.717, 1.165) is 5.56 Å². The van der Waals surface area contributed by atoms with Gasteiger partial charge in [-0.2, -0.15) is 5.26 Å². The maximum Gasteiger partial charge on any atom is 0.140 e. The molecule has 0 aliphatic rings. The van der Waals surface area contributed by atoms with Crippen molar-refractivity contribution >= 4 is 0 Å². The number of nitriles is 1. The van der Waals surface area contributed by atoms with Gasteiger partial charge in [0.1, 0.15) is 11.9 Å². The number of halogens is 1. The van der Waals surface area contributed by atoms with Crippen LogP contribution in [-0.4, -0.2) is 5.54 Å². The normalized spacial score (nSPS) is 11.1. The smallest absolute Gasteiger partial charge is 0.140 e. The van der Waals surface area contributed by atoms with Gasteiger partial charge in [0, 0.05) is 12.1 Å². The first-order valence-corrected chi connectivity index (χ1v) is 4.86. The first-order chi connectivity index (χ1) is 6.92. The fourth-order valence-electron chi connectivity index (χ4n) is 1.14. The van der Waals surface area contributed by atoms with Gasteiger partial charge in [0.2, 0.25) is 0 Å². The first kappa shape index (κ1) is 11.7. The van der Waals surface area contributed by atoms with Crippen LogP contribution in [0.5, 0.6) is 0 Å². The van der Waals surface area contributed by atoms with Crippen molar-refractivity contribution in [1.82, 2.24) is 5.32 Å². The van der Waals surface area contributed by atoms with Gasteiger partial charge >= 0.3 is 0 Å². The Balaban J connectivity index is 2.76. The molecule has 0 spiro atoms. The van der Waals surface area contributed by atoms with Crippen molar-refractivity contribution in [3.8, 4) is 6.07 Å². The minimum Gasteiger partial charge on any atom is -0.308 e. The van der Waals surface area contributed by atoms with Crippen molar-refractivity contribution in [3.63, 3.8) is 0 Å². The number of benzene rings is 1. The molecule has 0 aromatic heterocycles. The van der Waals surface area contributed by atoms with E-state index in [2.05, 4.69) is 26.1 Å². The van der Waals surface area contributed by atoms with Crippen LogP contribution >= 0.6 is 0 Å². The van der Waals surface area contributed by atoms with Gasteiger partial charge in [-0.05, 0) is 38.5 Å². The summed E-state index contributed by atoms with van der Waals surface area (Å²) in [5.74, 6) is -0.461. The molecule has 1 aromatic carbocycles. The Hall–Kier alpha value is -1.40. The molecule has 0 aliphatic carbocycles. The molecule has 2 nitrogen and oxygen atoms in total. The van der Waals surface area contributed by atoms with Crippen LogP contribution in [-0.2, 0) is 6.54 Å². The molecule has 0 bridgehead atoms. The fourth-order valence-corrected chi connectivity index (χ4v) is 1.14. The molecule has 0 unspecified atom stereocenters. The van der Waals surface area contributed by atoms with Crippen molar-refractivity contribution in [3.05, 3.63) is 35.1 Å². The maximum absolute atomic E-state index is 13.0. The predicted molar refractivity (Wildman–Crippen MR) is 57.7 cm³/mol. The highest BCUT2D eigenvalue weighted by Crippen LogP contribution is 2.10. The SMILES string of the molecule is CC(C)(C)NCc1ccc(F)c(C#N)c1. The summed E-state index contributed by atoms with van der Waals surface area (Å²) in [7, 11) is 0. The van der Waals surface area contributed by atoms with Crippen molar-refractivity contribution in [2.45, 2.75) is 32.9 Å². The molecule has 0 fully saturated rings. The van der Waals surface area contributed by atoms with Crippen LogP contribution in [0.3, 0.4) is 0 Å². The van der Waals surface area contributed by atoms with Crippen LogP contribution in [0.15, 0.2) is 18.2 Å². The maximum atomic E-state index is 13.0. The zero-order valence-electron chi connectivity index (χ0n) is 9.26.